The molecule has 1 aliphatic rings. The molecule has 2 aromatic rings. The number of ether oxygens (including phenoxy) is 1. The van der Waals surface area contributed by atoms with E-state index >= 15 is 0 Å². The van der Waals surface area contributed by atoms with Gasteiger partial charge in [0.2, 0.25) is 0 Å². The van der Waals surface area contributed by atoms with Crippen LogP contribution in [0.3, 0.4) is 0 Å². The van der Waals surface area contributed by atoms with Crippen LogP contribution < -0.4 is 10.5 Å². The van der Waals surface area contributed by atoms with Gasteiger partial charge in [0, 0.05) is 38.1 Å². The van der Waals surface area contributed by atoms with Crippen LogP contribution in [-0.4, -0.2) is 0 Å². The summed E-state index contributed by atoms with van der Waals surface area (Å²) in [5.41, 5.74) is 8.18. The lowest BCUT2D eigenvalue weighted by Gasteiger charge is -2.31. The van der Waals surface area contributed by atoms with Gasteiger partial charge in [-0.05, 0) is 30.3 Å². The number of hydrogen-bond acceptors (Lipinski definition) is 2. The van der Waals surface area contributed by atoms with E-state index in [1.54, 1.807) is 6.07 Å². The first-order chi connectivity index (χ1) is 9.54. The van der Waals surface area contributed by atoms with Gasteiger partial charge in [-0.15, -0.1) is 0 Å². The molecule has 5 heteroatoms. The molecule has 20 heavy (non-hydrogen) atoms. The molecule has 2 nitrogen and oxygen atoms in total. The van der Waals surface area contributed by atoms with Gasteiger partial charge in [0.15, 0.2) is 0 Å². The van der Waals surface area contributed by atoms with Crippen molar-refractivity contribution in [2.45, 2.75) is 18.6 Å². The average molecular weight is 373 g/mol. The molecule has 0 aliphatic carbocycles. The molecule has 3 rings (SSSR count). The maximum atomic E-state index is 6.25. The van der Waals surface area contributed by atoms with Gasteiger partial charge in [-0.2, -0.15) is 0 Å². The van der Waals surface area contributed by atoms with Gasteiger partial charge in [0.1, 0.15) is 11.9 Å². The van der Waals surface area contributed by atoms with Crippen LogP contribution in [0.15, 0.2) is 40.9 Å². The van der Waals surface area contributed by atoms with E-state index in [0.29, 0.717) is 16.5 Å². The van der Waals surface area contributed by atoms with Gasteiger partial charge in [0.05, 0.1) is 0 Å². The molecule has 0 bridgehead atoms. The van der Waals surface area contributed by atoms with Crippen LogP contribution in [0.25, 0.3) is 0 Å². The summed E-state index contributed by atoms with van der Waals surface area (Å²) in [7, 11) is 0. The van der Waals surface area contributed by atoms with Crippen LogP contribution >= 0.6 is 39.1 Å². The molecule has 0 saturated carbocycles. The SMILES string of the molecule is N[C@H]1CC(c2ccc(Cl)cc2Cl)Oc2ccc(Br)cc21. The zero-order valence-electron chi connectivity index (χ0n) is 10.4. The Morgan fingerprint density at radius 3 is 2.65 bits per heavy atom. The Balaban J connectivity index is 1.97. The molecule has 2 N–H and O–H groups in total. The highest BCUT2D eigenvalue weighted by molar-refractivity contribution is 9.10. The standard InChI is InChI=1S/C15H12BrCl2NO/c16-8-1-4-14-11(5-8)13(19)7-15(20-14)10-3-2-9(17)6-12(10)18/h1-6,13,15H,7,19H2/t13-,15?/m0/s1. The fourth-order valence-electron chi connectivity index (χ4n) is 2.43. The second-order valence-electron chi connectivity index (χ2n) is 4.80. The summed E-state index contributed by atoms with van der Waals surface area (Å²) in [5.74, 6) is 0.808. The van der Waals surface area contributed by atoms with E-state index in [-0.39, 0.29) is 12.1 Å². The third-order valence-corrected chi connectivity index (χ3v) is 4.47. The lowest BCUT2D eigenvalue weighted by molar-refractivity contribution is 0.161. The summed E-state index contributed by atoms with van der Waals surface area (Å²) in [4.78, 5) is 0. The maximum absolute atomic E-state index is 6.25. The average Bonchev–Trinajstić information content (AvgIpc) is 2.39. The van der Waals surface area contributed by atoms with E-state index < -0.39 is 0 Å². The molecular weight excluding hydrogens is 361 g/mol. The fraction of sp³-hybridized carbons (Fsp3) is 0.200. The van der Waals surface area contributed by atoms with Gasteiger partial charge in [0.25, 0.3) is 0 Å². The zero-order valence-corrected chi connectivity index (χ0v) is 13.5. The summed E-state index contributed by atoms with van der Waals surface area (Å²) in [5, 5.41) is 1.22. The molecular formula is C15H12BrCl2NO. The summed E-state index contributed by atoms with van der Waals surface area (Å²) < 4.78 is 7.03. The van der Waals surface area contributed by atoms with Crippen molar-refractivity contribution >= 4 is 39.1 Å². The third-order valence-electron chi connectivity index (χ3n) is 3.42. The molecule has 104 valence electrons. The van der Waals surface area contributed by atoms with Gasteiger partial charge in [-0.1, -0.05) is 45.2 Å². The molecule has 2 aromatic carbocycles. The predicted octanol–water partition coefficient (Wildman–Crippen LogP) is 5.28. The molecule has 1 unspecified atom stereocenters. The number of rotatable bonds is 1. The number of hydrogen-bond donors (Lipinski definition) is 1. The lowest BCUT2D eigenvalue weighted by atomic mass is 9.93. The highest BCUT2D eigenvalue weighted by Crippen LogP contribution is 2.42. The highest BCUT2D eigenvalue weighted by Gasteiger charge is 2.28. The van der Waals surface area contributed by atoms with Crippen molar-refractivity contribution in [2.75, 3.05) is 0 Å². The molecule has 0 saturated heterocycles. The van der Waals surface area contributed by atoms with Crippen LogP contribution in [0, 0.1) is 0 Å². The Morgan fingerprint density at radius 2 is 1.90 bits per heavy atom. The van der Waals surface area contributed by atoms with Crippen molar-refractivity contribution in [3.05, 3.63) is 62.0 Å². The number of fused-ring (bicyclic) bond motifs is 1. The first kappa shape index (κ1) is 14.2. The first-order valence-corrected chi connectivity index (χ1v) is 7.76. The first-order valence-electron chi connectivity index (χ1n) is 6.21. The van der Waals surface area contributed by atoms with E-state index in [4.69, 9.17) is 33.7 Å². The van der Waals surface area contributed by atoms with Crippen LogP contribution in [0.5, 0.6) is 5.75 Å². The summed E-state index contributed by atoms with van der Waals surface area (Å²) in [6, 6.07) is 11.2. The zero-order chi connectivity index (χ0) is 14.3. The second kappa shape index (κ2) is 5.57. The fourth-order valence-corrected chi connectivity index (χ4v) is 3.34. The minimum Gasteiger partial charge on any atom is -0.485 e. The Kier molecular flexibility index (Phi) is 3.95. The van der Waals surface area contributed by atoms with E-state index in [9.17, 15) is 0 Å². The van der Waals surface area contributed by atoms with Gasteiger partial charge < -0.3 is 10.5 Å². The van der Waals surface area contributed by atoms with E-state index in [0.717, 1.165) is 21.3 Å². The maximum Gasteiger partial charge on any atom is 0.127 e. The van der Waals surface area contributed by atoms with Crippen molar-refractivity contribution in [3.63, 3.8) is 0 Å². The van der Waals surface area contributed by atoms with E-state index in [1.165, 1.54) is 0 Å². The van der Waals surface area contributed by atoms with Gasteiger partial charge in [-0.3, -0.25) is 0 Å². The normalized spacial score (nSPS) is 21.2. The molecule has 0 spiro atoms. The van der Waals surface area contributed by atoms with Crippen molar-refractivity contribution in [1.82, 2.24) is 0 Å². The molecule has 0 amide bonds. The minimum atomic E-state index is -0.150. The van der Waals surface area contributed by atoms with Gasteiger partial charge in [-0.25, -0.2) is 0 Å². The topological polar surface area (TPSA) is 35.2 Å². The quantitative estimate of drug-likeness (QED) is 0.738. The Hall–Kier alpha value is -0.740. The lowest BCUT2D eigenvalue weighted by Crippen LogP contribution is -2.24. The molecule has 2 atom stereocenters. The summed E-state index contributed by atoms with van der Waals surface area (Å²) in [6.45, 7) is 0. The Bertz CT molecular complexity index is 662. The van der Waals surface area contributed by atoms with E-state index in [2.05, 4.69) is 15.9 Å². The molecule has 0 radical (unpaired) electrons. The monoisotopic (exact) mass is 371 g/mol. The van der Waals surface area contributed by atoms with Crippen molar-refractivity contribution in [3.8, 4) is 5.75 Å². The summed E-state index contributed by atoms with van der Waals surface area (Å²) >= 11 is 15.6. The molecule has 1 heterocycles. The Labute approximate surface area is 136 Å². The van der Waals surface area contributed by atoms with Crippen molar-refractivity contribution in [1.29, 1.82) is 0 Å². The van der Waals surface area contributed by atoms with Gasteiger partial charge >= 0.3 is 0 Å². The van der Waals surface area contributed by atoms with Crippen molar-refractivity contribution in [2.24, 2.45) is 5.73 Å². The molecule has 1 aliphatic heterocycles. The number of benzene rings is 2. The predicted molar refractivity (Wildman–Crippen MR) is 85.5 cm³/mol. The number of halogens is 3. The smallest absolute Gasteiger partial charge is 0.127 e. The minimum absolute atomic E-state index is 0.0759. The second-order valence-corrected chi connectivity index (χ2v) is 6.56. The molecule has 0 aromatic heterocycles. The molecule has 0 fully saturated rings. The Morgan fingerprint density at radius 1 is 1.10 bits per heavy atom. The van der Waals surface area contributed by atoms with Crippen LogP contribution in [0.4, 0.5) is 0 Å². The third kappa shape index (κ3) is 2.68. The number of nitrogens with two attached hydrogens (primary N) is 1. The van der Waals surface area contributed by atoms with Crippen molar-refractivity contribution < 1.29 is 4.74 Å². The summed E-state index contributed by atoms with van der Waals surface area (Å²) in [6.07, 6.45) is 0.536. The van der Waals surface area contributed by atoms with E-state index in [1.807, 2.05) is 30.3 Å². The van der Waals surface area contributed by atoms with Crippen LogP contribution in [0.2, 0.25) is 10.0 Å². The van der Waals surface area contributed by atoms with Crippen LogP contribution in [0.1, 0.15) is 29.7 Å². The van der Waals surface area contributed by atoms with Crippen LogP contribution in [-0.2, 0) is 0 Å². The largest absolute Gasteiger partial charge is 0.485 e. The highest BCUT2D eigenvalue weighted by atomic mass is 79.9.